The molecule has 0 bridgehead atoms. The van der Waals surface area contributed by atoms with Crippen molar-refractivity contribution in [3.8, 4) is 11.4 Å². The molecule has 4 aromatic rings. The van der Waals surface area contributed by atoms with Crippen molar-refractivity contribution in [3.63, 3.8) is 0 Å². The molecule has 0 radical (unpaired) electrons. The molecule has 2 aromatic heterocycles. The number of aromatic nitrogens is 3. The normalized spacial score (nSPS) is 16.1. The average Bonchev–Trinajstić information content (AvgIpc) is 2.99. The van der Waals surface area contributed by atoms with Crippen molar-refractivity contribution in [1.82, 2.24) is 24.8 Å². The quantitative estimate of drug-likeness (QED) is 0.349. The second-order valence-electron chi connectivity index (χ2n) is 11.4. The van der Waals surface area contributed by atoms with Crippen molar-refractivity contribution in [2.75, 3.05) is 19.6 Å². The first-order valence-corrected chi connectivity index (χ1v) is 14.6. The SMILES string of the molecule is Cc1ccc2[nH]c(=O)c(CN(CCN3CCc4cnc(-c5ccccc5)nc4C3)C(=O)C3CCCCC3)cc2c1. The smallest absolute Gasteiger partial charge is 0.253 e. The van der Waals surface area contributed by atoms with E-state index >= 15 is 0 Å². The Morgan fingerprint density at radius 2 is 1.90 bits per heavy atom. The van der Waals surface area contributed by atoms with E-state index in [0.29, 0.717) is 18.7 Å². The van der Waals surface area contributed by atoms with E-state index in [-0.39, 0.29) is 17.4 Å². The van der Waals surface area contributed by atoms with Crippen LogP contribution in [0.3, 0.4) is 0 Å². The van der Waals surface area contributed by atoms with Crippen LogP contribution in [0.25, 0.3) is 22.3 Å². The highest BCUT2D eigenvalue weighted by Crippen LogP contribution is 2.27. The fourth-order valence-corrected chi connectivity index (χ4v) is 6.11. The molecule has 1 saturated carbocycles. The summed E-state index contributed by atoms with van der Waals surface area (Å²) in [6.07, 6.45) is 8.16. The summed E-state index contributed by atoms with van der Waals surface area (Å²) in [5, 5.41) is 1.00. The van der Waals surface area contributed by atoms with E-state index in [1.807, 2.05) is 66.6 Å². The molecule has 0 unspecified atom stereocenters. The van der Waals surface area contributed by atoms with Crippen LogP contribution < -0.4 is 5.56 Å². The van der Waals surface area contributed by atoms with Gasteiger partial charge < -0.3 is 9.88 Å². The lowest BCUT2D eigenvalue weighted by atomic mass is 9.88. The number of H-pyrrole nitrogens is 1. The van der Waals surface area contributed by atoms with Gasteiger partial charge in [-0.1, -0.05) is 61.2 Å². The van der Waals surface area contributed by atoms with Gasteiger partial charge >= 0.3 is 0 Å². The van der Waals surface area contributed by atoms with Gasteiger partial charge in [0.05, 0.1) is 12.2 Å². The molecule has 1 fully saturated rings. The van der Waals surface area contributed by atoms with Gasteiger partial charge in [0.25, 0.3) is 5.56 Å². The molecule has 40 heavy (non-hydrogen) atoms. The van der Waals surface area contributed by atoms with Crippen LogP contribution in [0.4, 0.5) is 0 Å². The van der Waals surface area contributed by atoms with Crippen molar-refractivity contribution >= 4 is 16.8 Å². The molecule has 1 N–H and O–H groups in total. The summed E-state index contributed by atoms with van der Waals surface area (Å²) < 4.78 is 0. The van der Waals surface area contributed by atoms with Crippen LogP contribution in [0.1, 0.15) is 54.5 Å². The standard InChI is InChI=1S/C33H37N5O2/c1-23-12-13-29-27(18-23)19-28(32(39)36-29)21-38(33(40)25-10-6-3-7-11-25)17-16-37-15-14-26-20-34-31(35-30(26)22-37)24-8-4-2-5-9-24/h2,4-5,8-9,12-13,18-20,25H,3,6-7,10-11,14-17,21-22H2,1H3,(H,36,39). The Balaban J connectivity index is 1.20. The third kappa shape index (κ3) is 5.85. The number of hydrogen-bond acceptors (Lipinski definition) is 5. The van der Waals surface area contributed by atoms with E-state index in [1.54, 1.807) is 0 Å². The fraction of sp³-hybridized carbons (Fsp3) is 0.394. The summed E-state index contributed by atoms with van der Waals surface area (Å²) >= 11 is 0. The van der Waals surface area contributed by atoms with Crippen LogP contribution in [0.2, 0.25) is 0 Å². The lowest BCUT2D eigenvalue weighted by Crippen LogP contribution is -2.43. The Morgan fingerprint density at radius 3 is 2.73 bits per heavy atom. The Bertz CT molecular complexity index is 1560. The van der Waals surface area contributed by atoms with Crippen LogP contribution in [-0.4, -0.2) is 50.3 Å². The van der Waals surface area contributed by atoms with Gasteiger partial charge in [-0.2, -0.15) is 0 Å². The monoisotopic (exact) mass is 535 g/mol. The number of aryl methyl sites for hydroxylation is 1. The van der Waals surface area contributed by atoms with Crippen LogP contribution in [0.15, 0.2) is 65.6 Å². The first kappa shape index (κ1) is 26.4. The van der Waals surface area contributed by atoms with Gasteiger partial charge in [0.1, 0.15) is 0 Å². The number of carbonyl (C=O) groups is 1. The van der Waals surface area contributed by atoms with Crippen molar-refractivity contribution in [1.29, 1.82) is 0 Å². The molecule has 1 aliphatic carbocycles. The number of nitrogens with zero attached hydrogens (tertiary/aromatic N) is 4. The molecule has 7 nitrogen and oxygen atoms in total. The number of amides is 1. The maximum Gasteiger partial charge on any atom is 0.253 e. The third-order valence-electron chi connectivity index (χ3n) is 8.45. The third-order valence-corrected chi connectivity index (χ3v) is 8.45. The van der Waals surface area contributed by atoms with E-state index in [9.17, 15) is 9.59 Å². The average molecular weight is 536 g/mol. The number of carbonyl (C=O) groups excluding carboxylic acids is 1. The van der Waals surface area contributed by atoms with Crippen LogP contribution in [-0.2, 0) is 24.3 Å². The molecule has 1 aliphatic heterocycles. The highest BCUT2D eigenvalue weighted by atomic mass is 16.2. The highest BCUT2D eigenvalue weighted by molar-refractivity contribution is 5.81. The minimum absolute atomic E-state index is 0.0544. The number of nitrogens with one attached hydrogen (secondary N) is 1. The predicted octanol–water partition coefficient (Wildman–Crippen LogP) is 5.26. The number of aromatic amines is 1. The first-order chi connectivity index (χ1) is 19.5. The highest BCUT2D eigenvalue weighted by Gasteiger charge is 2.28. The van der Waals surface area contributed by atoms with Gasteiger partial charge in [-0.3, -0.25) is 14.5 Å². The molecule has 6 rings (SSSR count). The maximum atomic E-state index is 13.8. The van der Waals surface area contributed by atoms with Crippen molar-refractivity contribution in [3.05, 3.63) is 93.5 Å². The van der Waals surface area contributed by atoms with E-state index in [4.69, 9.17) is 4.98 Å². The first-order valence-electron chi connectivity index (χ1n) is 14.6. The Morgan fingerprint density at radius 1 is 1.07 bits per heavy atom. The maximum absolute atomic E-state index is 13.8. The summed E-state index contributed by atoms with van der Waals surface area (Å²) in [5.41, 5.74) is 5.78. The van der Waals surface area contributed by atoms with Gasteiger partial charge in [0.15, 0.2) is 5.82 Å². The lowest BCUT2D eigenvalue weighted by Gasteiger charge is -2.33. The molecule has 2 aliphatic rings. The minimum Gasteiger partial charge on any atom is -0.337 e. The second kappa shape index (κ2) is 11.7. The largest absolute Gasteiger partial charge is 0.337 e. The van der Waals surface area contributed by atoms with Gasteiger partial charge in [-0.15, -0.1) is 0 Å². The number of rotatable bonds is 7. The van der Waals surface area contributed by atoms with Crippen molar-refractivity contribution in [2.45, 2.75) is 58.5 Å². The number of fused-ring (bicyclic) bond motifs is 2. The van der Waals surface area contributed by atoms with Gasteiger partial charge in [-0.25, -0.2) is 9.97 Å². The summed E-state index contributed by atoms with van der Waals surface area (Å²) in [6, 6.07) is 18.1. The second-order valence-corrected chi connectivity index (χ2v) is 11.4. The summed E-state index contributed by atoms with van der Waals surface area (Å²) in [4.78, 5) is 43.7. The van der Waals surface area contributed by atoms with Crippen molar-refractivity contribution < 1.29 is 4.79 Å². The molecule has 0 atom stereocenters. The van der Waals surface area contributed by atoms with E-state index in [2.05, 4.69) is 20.9 Å². The Hall–Kier alpha value is -3.84. The van der Waals surface area contributed by atoms with Gasteiger partial charge in [-0.05, 0) is 55.3 Å². The van der Waals surface area contributed by atoms with E-state index < -0.39 is 0 Å². The molecule has 0 spiro atoms. The number of pyridine rings is 1. The van der Waals surface area contributed by atoms with Crippen molar-refractivity contribution in [2.24, 2.45) is 5.92 Å². The molecule has 2 aromatic carbocycles. The summed E-state index contributed by atoms with van der Waals surface area (Å²) in [7, 11) is 0. The van der Waals surface area contributed by atoms with Crippen LogP contribution in [0, 0.1) is 12.8 Å². The minimum atomic E-state index is -0.116. The van der Waals surface area contributed by atoms with Crippen LogP contribution >= 0.6 is 0 Å². The zero-order chi connectivity index (χ0) is 27.5. The lowest BCUT2D eigenvalue weighted by molar-refractivity contribution is -0.137. The Kier molecular flexibility index (Phi) is 7.73. The Labute approximate surface area is 235 Å². The summed E-state index contributed by atoms with van der Waals surface area (Å²) in [5.74, 6) is 0.995. The van der Waals surface area contributed by atoms with Gasteiger partial charge in [0.2, 0.25) is 5.91 Å². The molecular weight excluding hydrogens is 498 g/mol. The molecular formula is C33H37N5O2. The molecule has 1 amide bonds. The van der Waals surface area contributed by atoms with Gasteiger partial charge in [0, 0.05) is 54.9 Å². The summed E-state index contributed by atoms with van der Waals surface area (Å²) in [6.45, 7) is 5.36. The molecule has 0 saturated heterocycles. The predicted molar refractivity (Wildman–Crippen MR) is 158 cm³/mol. The van der Waals surface area contributed by atoms with Crippen LogP contribution in [0.5, 0.6) is 0 Å². The topological polar surface area (TPSA) is 82.2 Å². The number of hydrogen-bond donors (Lipinski definition) is 1. The van der Waals surface area contributed by atoms with E-state index in [0.717, 1.165) is 85.3 Å². The zero-order valence-electron chi connectivity index (χ0n) is 23.2. The molecule has 7 heteroatoms. The fourth-order valence-electron chi connectivity index (χ4n) is 6.11. The number of benzene rings is 2. The molecule has 206 valence electrons. The zero-order valence-corrected chi connectivity index (χ0v) is 23.2. The molecule has 3 heterocycles. The van der Waals surface area contributed by atoms with E-state index in [1.165, 1.54) is 12.0 Å².